The van der Waals surface area contributed by atoms with Crippen molar-refractivity contribution in [2.75, 3.05) is 13.7 Å². The molecule has 0 unspecified atom stereocenters. The highest BCUT2D eigenvalue weighted by Gasteiger charge is 1.86. The summed E-state index contributed by atoms with van der Waals surface area (Å²) in [6, 6.07) is 0. The van der Waals surface area contributed by atoms with Crippen molar-refractivity contribution in [1.82, 2.24) is 0 Å². The molecule has 0 rings (SSSR count). The van der Waals surface area contributed by atoms with Crippen LogP contribution in [-0.2, 0) is 0 Å². The molecule has 0 aliphatic heterocycles. The third-order valence-electron chi connectivity index (χ3n) is 0.706. The van der Waals surface area contributed by atoms with Gasteiger partial charge in [0.05, 0.1) is 0 Å². The summed E-state index contributed by atoms with van der Waals surface area (Å²) < 4.78 is 0. The first-order valence-electron chi connectivity index (χ1n) is 2.83. The summed E-state index contributed by atoms with van der Waals surface area (Å²) in [5.41, 5.74) is 0. The lowest BCUT2D eigenvalue weighted by atomic mass is 10.2. The Hall–Kier alpha value is -0.0800. The third kappa shape index (κ3) is 16.8. The highest BCUT2D eigenvalue weighted by atomic mass is 16.3. The van der Waals surface area contributed by atoms with E-state index < -0.39 is 0 Å². The summed E-state index contributed by atoms with van der Waals surface area (Å²) in [5, 5.41) is 15.2. The predicted molar refractivity (Wildman–Crippen MR) is 34.7 cm³/mol. The van der Waals surface area contributed by atoms with Crippen molar-refractivity contribution in [3.63, 3.8) is 0 Å². The van der Waals surface area contributed by atoms with Crippen LogP contribution in [0, 0.1) is 5.92 Å². The largest absolute Gasteiger partial charge is 0.400 e. The fraction of sp³-hybridized carbons (Fsp3) is 1.00. The van der Waals surface area contributed by atoms with E-state index in [1.54, 1.807) is 0 Å². The van der Waals surface area contributed by atoms with E-state index in [1.165, 1.54) is 0 Å². The Morgan fingerprint density at radius 3 is 1.62 bits per heavy atom. The van der Waals surface area contributed by atoms with Crippen LogP contribution in [0.25, 0.3) is 0 Å². The van der Waals surface area contributed by atoms with Gasteiger partial charge in [-0.3, -0.25) is 0 Å². The van der Waals surface area contributed by atoms with Gasteiger partial charge in [-0.2, -0.15) is 0 Å². The van der Waals surface area contributed by atoms with Gasteiger partial charge in [-0.05, 0) is 12.3 Å². The summed E-state index contributed by atoms with van der Waals surface area (Å²) in [4.78, 5) is 0. The van der Waals surface area contributed by atoms with Gasteiger partial charge in [0, 0.05) is 13.7 Å². The molecule has 0 aliphatic rings. The Morgan fingerprint density at radius 2 is 1.62 bits per heavy atom. The van der Waals surface area contributed by atoms with Gasteiger partial charge in [-0.15, -0.1) is 0 Å². The van der Waals surface area contributed by atoms with E-state index >= 15 is 0 Å². The maximum atomic E-state index is 8.24. The average Bonchev–Trinajstić information content (AvgIpc) is 1.72. The van der Waals surface area contributed by atoms with Crippen LogP contribution >= 0.6 is 0 Å². The highest BCUT2D eigenvalue weighted by molar-refractivity contribution is 4.38. The Bertz CT molecular complexity index is 27.7. The van der Waals surface area contributed by atoms with Crippen LogP contribution in [0.5, 0.6) is 0 Å². The molecular formula is C6H16O2. The normalized spacial score (nSPS) is 8.25. The van der Waals surface area contributed by atoms with Gasteiger partial charge in [0.25, 0.3) is 0 Å². The molecule has 0 spiro atoms. The number of aliphatic hydroxyl groups excluding tert-OH is 2. The quantitative estimate of drug-likeness (QED) is 0.561. The Morgan fingerprint density at radius 1 is 1.25 bits per heavy atom. The molecule has 2 nitrogen and oxygen atoms in total. The molecule has 0 saturated heterocycles. The minimum Gasteiger partial charge on any atom is -0.400 e. The van der Waals surface area contributed by atoms with Gasteiger partial charge in [-0.1, -0.05) is 13.8 Å². The van der Waals surface area contributed by atoms with Gasteiger partial charge >= 0.3 is 0 Å². The van der Waals surface area contributed by atoms with E-state index in [2.05, 4.69) is 13.8 Å². The van der Waals surface area contributed by atoms with E-state index in [0.717, 1.165) is 13.5 Å². The zero-order valence-corrected chi connectivity index (χ0v) is 5.89. The molecule has 0 radical (unpaired) electrons. The second kappa shape index (κ2) is 10.0. The van der Waals surface area contributed by atoms with Gasteiger partial charge in [-0.25, -0.2) is 0 Å². The van der Waals surface area contributed by atoms with Crippen molar-refractivity contribution in [3.8, 4) is 0 Å². The fourth-order valence-electron chi connectivity index (χ4n) is 0.258. The number of hydrogen-bond acceptors (Lipinski definition) is 2. The molecule has 0 fully saturated rings. The summed E-state index contributed by atoms with van der Waals surface area (Å²) in [6.07, 6.45) is 0.931. The lowest BCUT2D eigenvalue weighted by molar-refractivity contribution is 0.268. The molecule has 0 aliphatic carbocycles. The maximum absolute atomic E-state index is 8.24. The molecule has 0 atom stereocenters. The Labute approximate surface area is 51.2 Å². The number of aliphatic hydroxyl groups is 2. The highest BCUT2D eigenvalue weighted by Crippen LogP contribution is 1.94. The molecule has 0 saturated carbocycles. The van der Waals surface area contributed by atoms with Crippen molar-refractivity contribution in [3.05, 3.63) is 0 Å². The smallest absolute Gasteiger partial charge is 0.0433 e. The standard InChI is InChI=1S/C5H12O.CH4O/c1-5(2)3-4-6;1-2/h5-6H,3-4H2,1-2H3;2H,1H3. The molecule has 8 heavy (non-hydrogen) atoms. The zero-order valence-electron chi connectivity index (χ0n) is 5.89. The van der Waals surface area contributed by atoms with Crippen molar-refractivity contribution in [1.29, 1.82) is 0 Å². The van der Waals surface area contributed by atoms with E-state index in [1.807, 2.05) is 0 Å². The van der Waals surface area contributed by atoms with Crippen LogP contribution in [0.15, 0.2) is 0 Å². The van der Waals surface area contributed by atoms with Gasteiger partial charge in [0.15, 0.2) is 0 Å². The SMILES string of the molecule is CC(C)CCO.CO. The Kier molecular flexibility index (Phi) is 13.6. The number of hydrogen-bond donors (Lipinski definition) is 2. The first-order valence-corrected chi connectivity index (χ1v) is 2.83. The summed E-state index contributed by atoms with van der Waals surface area (Å²) in [5.74, 6) is 0.648. The van der Waals surface area contributed by atoms with Crippen LogP contribution in [0.3, 0.4) is 0 Å². The van der Waals surface area contributed by atoms with Crippen molar-refractivity contribution < 1.29 is 10.2 Å². The maximum Gasteiger partial charge on any atom is 0.0433 e. The predicted octanol–water partition coefficient (Wildman–Crippen LogP) is 0.633. The summed E-state index contributed by atoms with van der Waals surface area (Å²) >= 11 is 0. The molecule has 0 aromatic rings. The molecular weight excluding hydrogens is 104 g/mol. The van der Waals surface area contributed by atoms with Gasteiger partial charge < -0.3 is 10.2 Å². The molecule has 0 bridgehead atoms. The lowest BCUT2D eigenvalue weighted by Crippen LogP contribution is -1.89. The molecule has 52 valence electrons. The second-order valence-corrected chi connectivity index (χ2v) is 1.91. The third-order valence-corrected chi connectivity index (χ3v) is 0.706. The Balaban J connectivity index is 0. The molecule has 0 heterocycles. The molecule has 2 heteroatoms. The van der Waals surface area contributed by atoms with Crippen LogP contribution in [0.4, 0.5) is 0 Å². The van der Waals surface area contributed by atoms with Crippen LogP contribution in [0.2, 0.25) is 0 Å². The van der Waals surface area contributed by atoms with Crippen LogP contribution in [0.1, 0.15) is 20.3 Å². The average molecular weight is 120 g/mol. The first kappa shape index (κ1) is 10.8. The molecule has 0 aromatic carbocycles. The van der Waals surface area contributed by atoms with Crippen LogP contribution < -0.4 is 0 Å². The first-order chi connectivity index (χ1) is 3.77. The van der Waals surface area contributed by atoms with E-state index in [4.69, 9.17) is 10.2 Å². The van der Waals surface area contributed by atoms with Crippen molar-refractivity contribution in [2.45, 2.75) is 20.3 Å². The minimum atomic E-state index is 0.331. The lowest BCUT2D eigenvalue weighted by Gasteiger charge is -1.95. The molecule has 0 amide bonds. The molecule has 2 N–H and O–H groups in total. The summed E-state index contributed by atoms with van der Waals surface area (Å²) in [6.45, 7) is 4.52. The van der Waals surface area contributed by atoms with Crippen LogP contribution in [-0.4, -0.2) is 23.9 Å². The molecule has 0 aromatic heterocycles. The van der Waals surface area contributed by atoms with Crippen molar-refractivity contribution >= 4 is 0 Å². The van der Waals surface area contributed by atoms with E-state index in [9.17, 15) is 0 Å². The topological polar surface area (TPSA) is 40.5 Å². The minimum absolute atomic E-state index is 0.331. The monoisotopic (exact) mass is 120 g/mol. The van der Waals surface area contributed by atoms with E-state index in [-0.39, 0.29) is 0 Å². The van der Waals surface area contributed by atoms with Crippen molar-refractivity contribution in [2.24, 2.45) is 5.92 Å². The van der Waals surface area contributed by atoms with E-state index in [0.29, 0.717) is 12.5 Å². The number of rotatable bonds is 2. The van der Waals surface area contributed by atoms with Gasteiger partial charge in [0.1, 0.15) is 0 Å². The second-order valence-electron chi connectivity index (χ2n) is 1.91. The zero-order chi connectivity index (χ0) is 6.99. The summed E-state index contributed by atoms with van der Waals surface area (Å²) in [7, 11) is 1.00. The fourth-order valence-corrected chi connectivity index (χ4v) is 0.258. The van der Waals surface area contributed by atoms with Gasteiger partial charge in [0.2, 0.25) is 0 Å².